The fourth-order valence-corrected chi connectivity index (χ4v) is 2.39. The van der Waals surface area contributed by atoms with Gasteiger partial charge in [-0.3, -0.25) is 24.7 Å². The second-order valence-electron chi connectivity index (χ2n) is 5.32. The van der Waals surface area contributed by atoms with Gasteiger partial charge in [0.1, 0.15) is 0 Å². The Labute approximate surface area is 125 Å². The highest BCUT2D eigenvalue weighted by atomic mass is 16.6. The lowest BCUT2D eigenvalue weighted by Gasteiger charge is -2.25. The van der Waals surface area contributed by atoms with Crippen LogP contribution in [0.1, 0.15) is 39.5 Å². The standard InChI is InChI=1S/C15H24N2O4/c1-5-7-11(16-21-6-2)14-12(18)8-10(9-13(14)19)15(20)17(3)4/h10,16H,5-9H2,1-4H3. The van der Waals surface area contributed by atoms with Gasteiger partial charge in [0.15, 0.2) is 11.6 Å². The molecule has 0 aliphatic heterocycles. The van der Waals surface area contributed by atoms with Gasteiger partial charge in [0.2, 0.25) is 5.91 Å². The third-order valence-corrected chi connectivity index (χ3v) is 3.35. The smallest absolute Gasteiger partial charge is 0.226 e. The molecule has 1 rings (SSSR count). The zero-order valence-corrected chi connectivity index (χ0v) is 13.2. The molecular weight excluding hydrogens is 272 g/mol. The quantitative estimate of drug-likeness (QED) is 0.453. The van der Waals surface area contributed by atoms with Crippen molar-refractivity contribution in [2.75, 3.05) is 20.7 Å². The molecule has 0 heterocycles. The SMILES string of the molecule is CCCC(NOCC)=C1C(=O)CC(C(=O)N(C)C)CC1=O. The number of hydroxylamine groups is 1. The van der Waals surface area contributed by atoms with Crippen molar-refractivity contribution in [3.63, 3.8) is 0 Å². The first-order chi connectivity index (χ1) is 9.92. The second-order valence-corrected chi connectivity index (χ2v) is 5.32. The Kier molecular flexibility index (Phi) is 6.55. The summed E-state index contributed by atoms with van der Waals surface area (Å²) in [6.45, 7) is 4.21. The first-order valence-corrected chi connectivity index (χ1v) is 7.30. The van der Waals surface area contributed by atoms with E-state index in [2.05, 4.69) is 5.48 Å². The summed E-state index contributed by atoms with van der Waals surface area (Å²) in [4.78, 5) is 43.0. The average Bonchev–Trinajstić information content (AvgIpc) is 2.42. The summed E-state index contributed by atoms with van der Waals surface area (Å²) in [5, 5.41) is 0. The molecule has 0 aromatic rings. The number of allylic oxidation sites excluding steroid dienone is 2. The van der Waals surface area contributed by atoms with Gasteiger partial charge in [0.25, 0.3) is 0 Å². The van der Waals surface area contributed by atoms with Gasteiger partial charge in [-0.2, -0.15) is 0 Å². The Morgan fingerprint density at radius 2 is 1.81 bits per heavy atom. The topological polar surface area (TPSA) is 75.7 Å². The summed E-state index contributed by atoms with van der Waals surface area (Å²) in [5.41, 5.74) is 3.42. The van der Waals surface area contributed by atoms with E-state index in [1.807, 2.05) is 13.8 Å². The van der Waals surface area contributed by atoms with E-state index in [1.165, 1.54) is 4.90 Å². The second kappa shape index (κ2) is 7.93. The number of Topliss-reactive ketones (excluding diaryl/α,β-unsaturated/α-hetero) is 2. The van der Waals surface area contributed by atoms with Crippen LogP contribution in [0.3, 0.4) is 0 Å². The van der Waals surface area contributed by atoms with E-state index in [9.17, 15) is 14.4 Å². The van der Waals surface area contributed by atoms with Crippen LogP contribution in [0.25, 0.3) is 0 Å². The van der Waals surface area contributed by atoms with E-state index in [-0.39, 0.29) is 35.9 Å². The Hall–Kier alpha value is -1.69. The van der Waals surface area contributed by atoms with Crippen LogP contribution in [-0.2, 0) is 19.2 Å². The van der Waals surface area contributed by atoms with Crippen LogP contribution in [-0.4, -0.2) is 43.1 Å². The van der Waals surface area contributed by atoms with Crippen LogP contribution in [0, 0.1) is 5.92 Å². The molecule has 118 valence electrons. The molecule has 0 saturated heterocycles. The molecule has 0 aromatic heterocycles. The number of carbonyl (C=O) groups excluding carboxylic acids is 3. The first kappa shape index (κ1) is 17.4. The number of carbonyl (C=O) groups is 3. The predicted molar refractivity (Wildman–Crippen MR) is 78.1 cm³/mol. The zero-order chi connectivity index (χ0) is 16.0. The van der Waals surface area contributed by atoms with Gasteiger partial charge in [-0.1, -0.05) is 13.3 Å². The third-order valence-electron chi connectivity index (χ3n) is 3.35. The van der Waals surface area contributed by atoms with Gasteiger partial charge >= 0.3 is 0 Å². The van der Waals surface area contributed by atoms with E-state index >= 15 is 0 Å². The van der Waals surface area contributed by atoms with Crippen molar-refractivity contribution in [3.05, 3.63) is 11.3 Å². The Morgan fingerprint density at radius 1 is 1.24 bits per heavy atom. The number of hydrogen-bond acceptors (Lipinski definition) is 5. The van der Waals surface area contributed by atoms with Crippen LogP contribution < -0.4 is 5.48 Å². The minimum Gasteiger partial charge on any atom is -0.349 e. The lowest BCUT2D eigenvalue weighted by Crippen LogP contribution is -2.38. The fourth-order valence-electron chi connectivity index (χ4n) is 2.39. The molecule has 1 fully saturated rings. The minimum absolute atomic E-state index is 0.0824. The van der Waals surface area contributed by atoms with Crippen molar-refractivity contribution < 1.29 is 19.2 Å². The summed E-state index contributed by atoms with van der Waals surface area (Å²) in [6.07, 6.45) is 1.52. The highest BCUT2D eigenvalue weighted by molar-refractivity contribution is 6.23. The number of ketones is 2. The molecule has 0 radical (unpaired) electrons. The minimum atomic E-state index is -0.543. The van der Waals surface area contributed by atoms with Gasteiger partial charge in [0.05, 0.1) is 23.8 Å². The lowest BCUT2D eigenvalue weighted by molar-refractivity contribution is -0.139. The van der Waals surface area contributed by atoms with Crippen LogP contribution in [0.2, 0.25) is 0 Å². The zero-order valence-electron chi connectivity index (χ0n) is 13.2. The summed E-state index contributed by atoms with van der Waals surface area (Å²) in [7, 11) is 3.25. The maximum absolute atomic E-state index is 12.3. The van der Waals surface area contributed by atoms with Gasteiger partial charge in [-0.05, 0) is 13.3 Å². The highest BCUT2D eigenvalue weighted by Gasteiger charge is 2.36. The molecule has 6 nitrogen and oxygen atoms in total. The largest absolute Gasteiger partial charge is 0.349 e. The molecule has 1 amide bonds. The summed E-state index contributed by atoms with van der Waals surface area (Å²) in [6, 6.07) is 0. The highest BCUT2D eigenvalue weighted by Crippen LogP contribution is 2.27. The monoisotopic (exact) mass is 296 g/mol. The Morgan fingerprint density at radius 3 is 2.24 bits per heavy atom. The third kappa shape index (κ3) is 4.39. The molecular formula is C15H24N2O4. The van der Waals surface area contributed by atoms with Crippen LogP contribution >= 0.6 is 0 Å². The molecule has 1 aliphatic rings. The van der Waals surface area contributed by atoms with Crippen LogP contribution in [0.15, 0.2) is 11.3 Å². The number of hydrogen-bond donors (Lipinski definition) is 1. The summed E-state index contributed by atoms with van der Waals surface area (Å²) < 4.78 is 0. The normalized spacial score (nSPS) is 18.7. The fraction of sp³-hybridized carbons (Fsp3) is 0.667. The molecule has 6 heteroatoms. The Bertz CT molecular complexity index is 435. The van der Waals surface area contributed by atoms with E-state index in [1.54, 1.807) is 14.1 Å². The van der Waals surface area contributed by atoms with Crippen molar-refractivity contribution in [1.82, 2.24) is 10.4 Å². The summed E-state index contributed by atoms with van der Waals surface area (Å²) >= 11 is 0. The van der Waals surface area contributed by atoms with E-state index in [0.29, 0.717) is 18.7 Å². The van der Waals surface area contributed by atoms with Gasteiger partial charge in [0, 0.05) is 26.9 Å². The molecule has 0 aromatic carbocycles. The summed E-state index contributed by atoms with van der Waals surface area (Å²) in [5.74, 6) is -1.27. The van der Waals surface area contributed by atoms with Gasteiger partial charge < -0.3 is 4.90 Å². The molecule has 1 N–H and O–H groups in total. The van der Waals surface area contributed by atoms with Crippen molar-refractivity contribution in [1.29, 1.82) is 0 Å². The van der Waals surface area contributed by atoms with E-state index < -0.39 is 5.92 Å². The molecule has 21 heavy (non-hydrogen) atoms. The average molecular weight is 296 g/mol. The Balaban J connectivity index is 2.97. The molecule has 0 spiro atoms. The van der Waals surface area contributed by atoms with Crippen molar-refractivity contribution in [2.24, 2.45) is 5.92 Å². The van der Waals surface area contributed by atoms with Crippen molar-refractivity contribution >= 4 is 17.5 Å². The van der Waals surface area contributed by atoms with E-state index in [4.69, 9.17) is 4.84 Å². The predicted octanol–water partition coefficient (Wildman–Crippen LogP) is 1.22. The van der Waals surface area contributed by atoms with Crippen molar-refractivity contribution in [2.45, 2.75) is 39.5 Å². The van der Waals surface area contributed by atoms with Gasteiger partial charge in [-0.25, -0.2) is 0 Å². The number of amides is 1. The molecule has 0 atom stereocenters. The molecule has 1 aliphatic carbocycles. The van der Waals surface area contributed by atoms with Crippen LogP contribution in [0.4, 0.5) is 0 Å². The van der Waals surface area contributed by atoms with Gasteiger partial charge in [-0.15, -0.1) is 0 Å². The van der Waals surface area contributed by atoms with Crippen molar-refractivity contribution in [3.8, 4) is 0 Å². The number of rotatable bonds is 6. The first-order valence-electron chi connectivity index (χ1n) is 7.30. The lowest BCUT2D eigenvalue weighted by atomic mass is 9.82. The molecule has 0 bridgehead atoms. The molecule has 1 saturated carbocycles. The molecule has 0 unspecified atom stereocenters. The maximum atomic E-state index is 12.3. The maximum Gasteiger partial charge on any atom is 0.226 e. The number of nitrogens with one attached hydrogen (secondary N) is 1. The van der Waals surface area contributed by atoms with E-state index in [0.717, 1.165) is 6.42 Å². The van der Waals surface area contributed by atoms with Crippen LogP contribution in [0.5, 0.6) is 0 Å². The number of nitrogens with zero attached hydrogens (tertiary/aromatic N) is 1.